The zero-order valence-electron chi connectivity index (χ0n) is 13.6. The Balaban J connectivity index is 1.82. The van der Waals surface area contributed by atoms with Crippen LogP contribution in [0.1, 0.15) is 22.7 Å². The number of hydrogen-bond donors (Lipinski definition) is 1. The van der Waals surface area contributed by atoms with Gasteiger partial charge in [-0.25, -0.2) is 0 Å². The van der Waals surface area contributed by atoms with Gasteiger partial charge in [0.2, 0.25) is 5.91 Å². The van der Waals surface area contributed by atoms with Crippen LogP contribution in [-0.4, -0.2) is 41.6 Å². The van der Waals surface area contributed by atoms with Crippen molar-refractivity contribution in [3.63, 3.8) is 0 Å². The molecule has 0 radical (unpaired) electrons. The lowest BCUT2D eigenvalue weighted by atomic mass is 9.94. The van der Waals surface area contributed by atoms with Crippen molar-refractivity contribution in [2.24, 2.45) is 0 Å². The molecular weight excluding hydrogens is 310 g/mol. The van der Waals surface area contributed by atoms with Gasteiger partial charge in [-0.1, -0.05) is 29.4 Å². The van der Waals surface area contributed by atoms with Crippen molar-refractivity contribution >= 4 is 11.8 Å². The first-order valence-corrected chi connectivity index (χ1v) is 7.66. The number of benzene rings is 1. The third-order valence-electron chi connectivity index (χ3n) is 4.20. The number of ether oxygens (including phenoxy) is 1. The van der Waals surface area contributed by atoms with Gasteiger partial charge in [-0.2, -0.15) is 0 Å². The average molecular weight is 329 g/mol. The third kappa shape index (κ3) is 3.16. The summed E-state index contributed by atoms with van der Waals surface area (Å²) in [4.78, 5) is 26.2. The van der Waals surface area contributed by atoms with Crippen molar-refractivity contribution in [3.8, 4) is 0 Å². The average Bonchev–Trinajstić information content (AvgIpc) is 3.09. The van der Waals surface area contributed by atoms with Gasteiger partial charge < -0.3 is 19.5 Å². The minimum Gasteiger partial charge on any atom is -0.364 e. The molecule has 1 fully saturated rings. The summed E-state index contributed by atoms with van der Waals surface area (Å²) >= 11 is 0. The van der Waals surface area contributed by atoms with E-state index in [4.69, 9.17) is 9.26 Å². The molecular formula is C17H19N3O4. The molecule has 24 heavy (non-hydrogen) atoms. The summed E-state index contributed by atoms with van der Waals surface area (Å²) in [6.07, 6.45) is 2.24. The molecule has 1 aromatic carbocycles. The molecule has 1 aliphatic rings. The Morgan fingerprint density at radius 1 is 1.42 bits per heavy atom. The molecule has 0 aliphatic carbocycles. The first-order valence-electron chi connectivity index (χ1n) is 7.66. The van der Waals surface area contributed by atoms with E-state index in [1.54, 1.807) is 11.9 Å². The molecule has 0 saturated carbocycles. The molecule has 2 atom stereocenters. The largest absolute Gasteiger partial charge is 0.364 e. The highest BCUT2D eigenvalue weighted by Crippen LogP contribution is 2.31. The number of amides is 2. The molecule has 0 bridgehead atoms. The molecule has 0 unspecified atom stereocenters. The molecule has 2 aromatic rings. The fourth-order valence-electron chi connectivity index (χ4n) is 2.83. The van der Waals surface area contributed by atoms with E-state index < -0.39 is 12.1 Å². The van der Waals surface area contributed by atoms with Crippen molar-refractivity contribution in [3.05, 3.63) is 53.4 Å². The second-order valence-corrected chi connectivity index (χ2v) is 5.79. The normalized spacial score (nSPS) is 20.9. The first kappa shape index (κ1) is 16.2. The van der Waals surface area contributed by atoms with E-state index in [1.165, 1.54) is 12.5 Å². The van der Waals surface area contributed by atoms with E-state index in [0.29, 0.717) is 6.54 Å². The van der Waals surface area contributed by atoms with Crippen molar-refractivity contribution in [1.29, 1.82) is 0 Å². The molecule has 126 valence electrons. The number of likely N-dealkylation sites (N-methyl/N-ethyl adjacent to an activating group) is 1. The maximum Gasteiger partial charge on any atom is 0.251 e. The van der Waals surface area contributed by atoms with Crippen LogP contribution in [0.3, 0.4) is 0 Å². The monoisotopic (exact) mass is 329 g/mol. The molecule has 1 N–H and O–H groups in total. The quantitative estimate of drug-likeness (QED) is 0.911. The number of morpholine rings is 1. The number of carbonyl (C=O) groups is 2. The highest BCUT2D eigenvalue weighted by molar-refractivity contribution is 5.86. The van der Waals surface area contributed by atoms with Gasteiger partial charge in [-0.15, -0.1) is 0 Å². The Morgan fingerprint density at radius 2 is 2.21 bits per heavy atom. The predicted molar refractivity (Wildman–Crippen MR) is 84.8 cm³/mol. The third-order valence-corrected chi connectivity index (χ3v) is 4.20. The Labute approximate surface area is 139 Å². The number of nitrogens with one attached hydrogen (secondary N) is 1. The maximum absolute atomic E-state index is 12.6. The van der Waals surface area contributed by atoms with Crippen LogP contribution in [0.2, 0.25) is 0 Å². The molecule has 3 rings (SSSR count). The molecule has 1 saturated heterocycles. The van der Waals surface area contributed by atoms with Gasteiger partial charge in [0.15, 0.2) is 6.10 Å². The second-order valence-electron chi connectivity index (χ2n) is 5.79. The van der Waals surface area contributed by atoms with E-state index in [-0.39, 0.29) is 18.4 Å². The highest BCUT2D eigenvalue weighted by Gasteiger charge is 2.40. The van der Waals surface area contributed by atoms with Gasteiger partial charge in [0.25, 0.3) is 5.91 Å². The molecule has 0 spiro atoms. The smallest absolute Gasteiger partial charge is 0.251 e. The van der Waals surface area contributed by atoms with Crippen LogP contribution in [0.4, 0.5) is 0 Å². The van der Waals surface area contributed by atoms with Crippen LogP contribution in [0, 0.1) is 6.92 Å². The minimum atomic E-state index is -0.770. The fourth-order valence-corrected chi connectivity index (χ4v) is 2.83. The number of carbonyl (C=O) groups excluding carboxylic acids is 2. The predicted octanol–water partition coefficient (Wildman–Crippen LogP) is 1.20. The molecule has 2 amide bonds. The van der Waals surface area contributed by atoms with Crippen LogP contribution in [0.5, 0.6) is 0 Å². The SMILES string of the molecule is Cc1ccccc1[C@@H]1[C@@H](C(=O)NCc2cnoc2)OCC(=O)N1C. The Morgan fingerprint density at radius 3 is 2.92 bits per heavy atom. The van der Waals surface area contributed by atoms with Crippen molar-refractivity contribution in [2.75, 3.05) is 13.7 Å². The van der Waals surface area contributed by atoms with Gasteiger partial charge in [-0.3, -0.25) is 9.59 Å². The molecule has 2 heterocycles. The van der Waals surface area contributed by atoms with Crippen molar-refractivity contribution in [1.82, 2.24) is 15.4 Å². The number of nitrogens with zero attached hydrogens (tertiary/aromatic N) is 2. The lowest BCUT2D eigenvalue weighted by Crippen LogP contribution is -2.53. The lowest BCUT2D eigenvalue weighted by Gasteiger charge is -2.38. The van der Waals surface area contributed by atoms with Crippen LogP contribution in [0.15, 0.2) is 41.2 Å². The van der Waals surface area contributed by atoms with Crippen molar-refractivity contribution in [2.45, 2.75) is 25.6 Å². The van der Waals surface area contributed by atoms with Crippen LogP contribution in [-0.2, 0) is 20.9 Å². The maximum atomic E-state index is 12.6. The van der Waals surface area contributed by atoms with E-state index in [1.807, 2.05) is 31.2 Å². The highest BCUT2D eigenvalue weighted by atomic mass is 16.5. The Bertz CT molecular complexity index is 729. The van der Waals surface area contributed by atoms with Crippen LogP contribution >= 0.6 is 0 Å². The van der Waals surface area contributed by atoms with Gasteiger partial charge in [0.1, 0.15) is 12.9 Å². The molecule has 7 nitrogen and oxygen atoms in total. The summed E-state index contributed by atoms with van der Waals surface area (Å²) in [6, 6.07) is 7.22. The number of aryl methyl sites for hydroxylation is 1. The van der Waals surface area contributed by atoms with Crippen molar-refractivity contribution < 1.29 is 18.8 Å². The van der Waals surface area contributed by atoms with Gasteiger partial charge in [0.05, 0.1) is 12.2 Å². The van der Waals surface area contributed by atoms with Gasteiger partial charge in [-0.05, 0) is 18.1 Å². The Hall–Kier alpha value is -2.67. The summed E-state index contributed by atoms with van der Waals surface area (Å²) in [7, 11) is 1.70. The minimum absolute atomic E-state index is 0.107. The second kappa shape index (κ2) is 6.84. The van der Waals surface area contributed by atoms with Gasteiger partial charge in [0, 0.05) is 19.2 Å². The van der Waals surface area contributed by atoms with Crippen LogP contribution < -0.4 is 5.32 Å². The zero-order chi connectivity index (χ0) is 17.1. The first-order chi connectivity index (χ1) is 11.6. The van der Waals surface area contributed by atoms with E-state index in [9.17, 15) is 9.59 Å². The molecule has 1 aliphatic heterocycles. The molecule has 7 heteroatoms. The standard InChI is InChI=1S/C17H19N3O4/c1-11-5-3-4-6-13(11)15-16(23-10-14(21)20(15)2)17(22)18-7-12-8-19-24-9-12/h3-6,8-9,15-16H,7,10H2,1-2H3,(H,18,22)/t15-,16+/m1/s1. The Kier molecular flexibility index (Phi) is 4.61. The number of aromatic nitrogens is 1. The fraction of sp³-hybridized carbons (Fsp3) is 0.353. The van der Waals surface area contributed by atoms with Gasteiger partial charge >= 0.3 is 0 Å². The lowest BCUT2D eigenvalue weighted by molar-refractivity contribution is -0.162. The topological polar surface area (TPSA) is 84.7 Å². The number of rotatable bonds is 4. The van der Waals surface area contributed by atoms with E-state index >= 15 is 0 Å². The summed E-state index contributed by atoms with van der Waals surface area (Å²) in [5.41, 5.74) is 2.67. The molecule has 1 aromatic heterocycles. The van der Waals surface area contributed by atoms with E-state index in [2.05, 4.69) is 10.5 Å². The van der Waals surface area contributed by atoms with Crippen LogP contribution in [0.25, 0.3) is 0 Å². The summed E-state index contributed by atoms with van der Waals surface area (Å²) in [5, 5.41) is 6.41. The summed E-state index contributed by atoms with van der Waals surface area (Å²) < 4.78 is 10.3. The zero-order valence-corrected chi connectivity index (χ0v) is 13.6. The summed E-state index contributed by atoms with van der Waals surface area (Å²) in [6.45, 7) is 2.14. The van der Waals surface area contributed by atoms with E-state index in [0.717, 1.165) is 16.7 Å². The summed E-state index contributed by atoms with van der Waals surface area (Å²) in [5.74, 6) is -0.421. The number of hydrogen-bond acceptors (Lipinski definition) is 5.